The normalized spacial score (nSPS) is 12.4. The second-order valence-electron chi connectivity index (χ2n) is 3.01. The third-order valence-electron chi connectivity index (χ3n) is 0.754. The number of hydrogen-bond acceptors (Lipinski definition) is 3. The SMILES string of the molecule is CC(=O)O[SiH2]OC(C)(C)C. The maximum Gasteiger partial charge on any atom is 0.369 e. The summed E-state index contributed by atoms with van der Waals surface area (Å²) in [6.45, 7) is 7.19. The Morgan fingerprint density at radius 2 is 1.90 bits per heavy atom. The molecule has 4 heteroatoms. The van der Waals surface area contributed by atoms with Gasteiger partial charge in [-0.3, -0.25) is 4.79 Å². The van der Waals surface area contributed by atoms with Gasteiger partial charge in [0.15, 0.2) is 0 Å². The summed E-state index contributed by atoms with van der Waals surface area (Å²) in [5.41, 5.74) is -0.179. The van der Waals surface area contributed by atoms with Crippen molar-refractivity contribution in [1.82, 2.24) is 0 Å². The van der Waals surface area contributed by atoms with Crippen LogP contribution in [0.3, 0.4) is 0 Å². The first-order chi connectivity index (χ1) is 4.42. The summed E-state index contributed by atoms with van der Waals surface area (Å²) < 4.78 is 9.93. The third-order valence-corrected chi connectivity index (χ3v) is 2.26. The molecule has 0 aromatic carbocycles. The second-order valence-corrected chi connectivity index (χ2v) is 3.82. The van der Waals surface area contributed by atoms with Crippen LogP contribution < -0.4 is 0 Å². The minimum atomic E-state index is -1.09. The standard InChI is InChI=1S/C6H14O3Si/c1-5(7)8-10-9-6(2,3)4/h10H2,1-4H3. The predicted octanol–water partition coefficient (Wildman–Crippen LogP) is 0.363. The average Bonchev–Trinajstić information content (AvgIpc) is 1.59. The van der Waals surface area contributed by atoms with Crippen molar-refractivity contribution >= 4 is 16.0 Å². The summed E-state index contributed by atoms with van der Waals surface area (Å²) in [7, 11) is -1.09. The van der Waals surface area contributed by atoms with Crippen LogP contribution in [0.5, 0.6) is 0 Å². The molecule has 0 amide bonds. The molecule has 60 valence electrons. The largest absolute Gasteiger partial charge is 0.499 e. The lowest BCUT2D eigenvalue weighted by Gasteiger charge is -2.18. The van der Waals surface area contributed by atoms with Crippen molar-refractivity contribution in [1.29, 1.82) is 0 Å². The van der Waals surface area contributed by atoms with Gasteiger partial charge in [-0.1, -0.05) is 0 Å². The first kappa shape index (κ1) is 9.65. The van der Waals surface area contributed by atoms with Crippen molar-refractivity contribution in [2.75, 3.05) is 0 Å². The van der Waals surface area contributed by atoms with E-state index < -0.39 is 10.0 Å². The van der Waals surface area contributed by atoms with Gasteiger partial charge in [0.1, 0.15) is 0 Å². The molecule has 0 aromatic rings. The molecule has 10 heavy (non-hydrogen) atoms. The average molecular weight is 162 g/mol. The van der Waals surface area contributed by atoms with Gasteiger partial charge in [0, 0.05) is 6.92 Å². The molecule has 0 saturated heterocycles. The molecule has 0 heterocycles. The second kappa shape index (κ2) is 3.73. The van der Waals surface area contributed by atoms with Gasteiger partial charge >= 0.3 is 10.0 Å². The Balaban J connectivity index is 3.29. The molecule has 3 nitrogen and oxygen atoms in total. The van der Waals surface area contributed by atoms with E-state index in [1.165, 1.54) is 6.92 Å². The van der Waals surface area contributed by atoms with Crippen LogP contribution in [0.4, 0.5) is 0 Å². The number of rotatable bonds is 2. The monoisotopic (exact) mass is 162 g/mol. The Bertz CT molecular complexity index is 117. The number of carbonyl (C=O) groups excluding carboxylic acids is 1. The van der Waals surface area contributed by atoms with Crippen molar-refractivity contribution in [2.45, 2.75) is 33.3 Å². The fraction of sp³-hybridized carbons (Fsp3) is 0.833. The van der Waals surface area contributed by atoms with E-state index in [0.717, 1.165) is 0 Å². The summed E-state index contributed by atoms with van der Waals surface area (Å²) in [5, 5.41) is 0. The van der Waals surface area contributed by atoms with Crippen LogP contribution in [-0.2, 0) is 13.6 Å². The van der Waals surface area contributed by atoms with Crippen LogP contribution in [0.15, 0.2) is 0 Å². The smallest absolute Gasteiger partial charge is 0.369 e. The molecule has 0 bridgehead atoms. The fourth-order valence-corrected chi connectivity index (χ4v) is 0.868. The molecule has 0 aliphatic carbocycles. The van der Waals surface area contributed by atoms with Crippen LogP contribution in [0.1, 0.15) is 27.7 Å². The molecule has 0 unspecified atom stereocenters. The third kappa shape index (κ3) is 7.65. The Morgan fingerprint density at radius 1 is 1.40 bits per heavy atom. The lowest BCUT2D eigenvalue weighted by molar-refractivity contribution is -0.133. The van der Waals surface area contributed by atoms with E-state index in [9.17, 15) is 4.79 Å². The van der Waals surface area contributed by atoms with E-state index in [1.54, 1.807) is 0 Å². The molecule has 0 aromatic heterocycles. The van der Waals surface area contributed by atoms with Crippen LogP contribution >= 0.6 is 0 Å². The zero-order chi connectivity index (χ0) is 8.20. The van der Waals surface area contributed by atoms with E-state index in [-0.39, 0.29) is 11.6 Å². The fourth-order valence-electron chi connectivity index (χ4n) is 0.289. The maximum atomic E-state index is 10.3. The van der Waals surface area contributed by atoms with Crippen LogP contribution in [-0.4, -0.2) is 21.6 Å². The Labute approximate surface area is 63.8 Å². The van der Waals surface area contributed by atoms with Crippen molar-refractivity contribution in [3.63, 3.8) is 0 Å². The van der Waals surface area contributed by atoms with E-state index in [2.05, 4.69) is 0 Å². The van der Waals surface area contributed by atoms with Gasteiger partial charge in [0.05, 0.1) is 5.60 Å². The van der Waals surface area contributed by atoms with Gasteiger partial charge < -0.3 is 8.85 Å². The Hall–Kier alpha value is -0.353. The number of hydrogen-bond donors (Lipinski definition) is 0. The molecule has 0 saturated carbocycles. The van der Waals surface area contributed by atoms with Crippen LogP contribution in [0.2, 0.25) is 0 Å². The first-order valence-electron chi connectivity index (χ1n) is 3.19. The molecule has 0 aliphatic rings. The lowest BCUT2D eigenvalue weighted by atomic mass is 10.2. The lowest BCUT2D eigenvalue weighted by Crippen LogP contribution is -2.24. The molecule has 0 fully saturated rings. The van der Waals surface area contributed by atoms with Crippen molar-refractivity contribution < 1.29 is 13.6 Å². The molecule has 0 radical (unpaired) electrons. The van der Waals surface area contributed by atoms with Crippen molar-refractivity contribution in [2.24, 2.45) is 0 Å². The summed E-state index contributed by atoms with van der Waals surface area (Å²) in [6.07, 6.45) is 0. The number of carbonyl (C=O) groups is 1. The topological polar surface area (TPSA) is 35.5 Å². The van der Waals surface area contributed by atoms with Crippen LogP contribution in [0, 0.1) is 0 Å². The molecule has 0 spiro atoms. The van der Waals surface area contributed by atoms with Gasteiger partial charge in [0.25, 0.3) is 5.97 Å². The minimum Gasteiger partial charge on any atom is -0.499 e. The minimum absolute atomic E-state index is 0.179. The molecule has 0 aliphatic heterocycles. The van der Waals surface area contributed by atoms with Crippen molar-refractivity contribution in [3.05, 3.63) is 0 Å². The van der Waals surface area contributed by atoms with Gasteiger partial charge in [-0.2, -0.15) is 0 Å². The maximum absolute atomic E-state index is 10.3. The highest BCUT2D eigenvalue weighted by molar-refractivity contribution is 6.22. The van der Waals surface area contributed by atoms with E-state index in [1.807, 2.05) is 20.8 Å². The highest BCUT2D eigenvalue weighted by Gasteiger charge is 2.09. The van der Waals surface area contributed by atoms with Crippen LogP contribution in [0.25, 0.3) is 0 Å². The molecule has 0 rings (SSSR count). The predicted molar refractivity (Wildman–Crippen MR) is 41.1 cm³/mol. The van der Waals surface area contributed by atoms with Gasteiger partial charge in [0.2, 0.25) is 0 Å². The van der Waals surface area contributed by atoms with Gasteiger partial charge in [-0.25, -0.2) is 0 Å². The summed E-state index contributed by atoms with van der Waals surface area (Å²) in [5.74, 6) is -0.254. The quantitative estimate of drug-likeness (QED) is 0.550. The van der Waals surface area contributed by atoms with E-state index >= 15 is 0 Å². The molecular formula is C6H14O3Si. The van der Waals surface area contributed by atoms with Gasteiger partial charge in [-0.05, 0) is 20.8 Å². The van der Waals surface area contributed by atoms with Crippen molar-refractivity contribution in [3.8, 4) is 0 Å². The zero-order valence-electron chi connectivity index (χ0n) is 6.93. The highest BCUT2D eigenvalue weighted by Crippen LogP contribution is 2.04. The van der Waals surface area contributed by atoms with E-state index in [4.69, 9.17) is 8.85 Å². The highest BCUT2D eigenvalue weighted by atomic mass is 28.3. The zero-order valence-corrected chi connectivity index (χ0v) is 8.35. The molecular weight excluding hydrogens is 148 g/mol. The first-order valence-corrected chi connectivity index (χ1v) is 4.34. The molecule has 0 N–H and O–H groups in total. The Kier molecular flexibility index (Phi) is 3.60. The molecule has 0 atom stereocenters. The summed E-state index contributed by atoms with van der Waals surface area (Å²) >= 11 is 0. The summed E-state index contributed by atoms with van der Waals surface area (Å²) in [6, 6.07) is 0. The summed E-state index contributed by atoms with van der Waals surface area (Å²) in [4.78, 5) is 10.3. The van der Waals surface area contributed by atoms with Gasteiger partial charge in [-0.15, -0.1) is 0 Å². The Morgan fingerprint density at radius 3 is 2.20 bits per heavy atom. The van der Waals surface area contributed by atoms with E-state index in [0.29, 0.717) is 0 Å².